The molecule has 10 heteroatoms. The van der Waals surface area contributed by atoms with Gasteiger partial charge in [-0.05, 0) is 56.3 Å². The summed E-state index contributed by atoms with van der Waals surface area (Å²) in [5.74, 6) is 2.36. The van der Waals surface area contributed by atoms with Crippen LogP contribution in [0.25, 0.3) is 28.2 Å². The number of nitrogens with one attached hydrogen (secondary N) is 3. The molecule has 0 unspecified atom stereocenters. The molecule has 3 heterocycles. The zero-order chi connectivity index (χ0) is 28.4. The molecule has 4 N–H and O–H groups in total. The summed E-state index contributed by atoms with van der Waals surface area (Å²) in [4.78, 5) is 11.8. The first-order valence-electron chi connectivity index (χ1n) is 13.4. The Morgan fingerprint density at radius 1 is 1.20 bits per heavy atom. The predicted molar refractivity (Wildman–Crippen MR) is 157 cm³/mol. The van der Waals surface area contributed by atoms with E-state index in [-0.39, 0.29) is 12.6 Å². The number of aliphatic hydroxyl groups is 1. The lowest BCUT2D eigenvalue weighted by Gasteiger charge is -2.13. The topological polar surface area (TPSA) is 115 Å². The first-order chi connectivity index (χ1) is 19.3. The van der Waals surface area contributed by atoms with E-state index in [1.807, 2.05) is 42.9 Å². The van der Waals surface area contributed by atoms with E-state index < -0.39 is 0 Å². The molecule has 0 bridgehead atoms. The molecule has 0 saturated carbocycles. The van der Waals surface area contributed by atoms with Gasteiger partial charge in [0.25, 0.3) is 0 Å². The molecule has 0 fully saturated rings. The summed E-state index contributed by atoms with van der Waals surface area (Å²) in [6.45, 7) is 6.14. The molecule has 2 aromatic heterocycles. The first kappa shape index (κ1) is 27.3. The van der Waals surface area contributed by atoms with Gasteiger partial charge >= 0.3 is 6.03 Å². The maximum absolute atomic E-state index is 11.8. The number of hydrogen-bond donors (Lipinski definition) is 4. The minimum Gasteiger partial charge on any atom is -0.497 e. The van der Waals surface area contributed by atoms with Crippen molar-refractivity contribution in [2.75, 3.05) is 39.2 Å². The molecule has 2 amide bonds. The van der Waals surface area contributed by atoms with Gasteiger partial charge < -0.3 is 35.1 Å². The number of aryl methyl sites for hydroxylation is 2. The molecule has 0 radical (unpaired) electrons. The van der Waals surface area contributed by atoms with Crippen molar-refractivity contribution in [3.05, 3.63) is 64.7 Å². The van der Waals surface area contributed by atoms with Gasteiger partial charge in [0.15, 0.2) is 0 Å². The Morgan fingerprint density at radius 3 is 2.73 bits per heavy atom. The quantitative estimate of drug-likeness (QED) is 0.237. The minimum atomic E-state index is -0.267. The van der Waals surface area contributed by atoms with Gasteiger partial charge in [0.2, 0.25) is 0 Å². The van der Waals surface area contributed by atoms with E-state index in [0.29, 0.717) is 31.7 Å². The molecule has 1 aliphatic heterocycles. The van der Waals surface area contributed by atoms with Crippen LogP contribution in [0.3, 0.4) is 0 Å². The Kier molecular flexibility index (Phi) is 7.81. The number of methoxy groups -OCH3 is 1. The molecular formula is C30H36N6O4. The monoisotopic (exact) mass is 544 g/mol. The molecule has 210 valence electrons. The number of aliphatic hydroxyl groups excluding tert-OH is 1. The third-order valence-electron chi connectivity index (χ3n) is 7.31. The van der Waals surface area contributed by atoms with Crippen LogP contribution < -0.4 is 25.4 Å². The molecule has 0 spiro atoms. The predicted octanol–water partition coefficient (Wildman–Crippen LogP) is 3.98. The summed E-state index contributed by atoms with van der Waals surface area (Å²) in [5, 5.41) is 23.8. The van der Waals surface area contributed by atoms with Crippen molar-refractivity contribution >= 4 is 28.7 Å². The third-order valence-corrected chi connectivity index (χ3v) is 7.31. The number of allylic oxidation sites excluding steroid dienone is 1. The SMILES string of the molecule is CNC(=O)Nc1ccc2c(c1)C/C(=C/c1c(-c3c(C)nn(C)c3C)n(CCNCCO)c3ccc(OC)cc13)O2. The fourth-order valence-electron chi connectivity index (χ4n) is 5.34. The molecule has 0 atom stereocenters. The van der Waals surface area contributed by atoms with Crippen molar-refractivity contribution in [2.45, 2.75) is 26.8 Å². The highest BCUT2D eigenvalue weighted by Gasteiger charge is 2.25. The van der Waals surface area contributed by atoms with E-state index in [9.17, 15) is 9.90 Å². The summed E-state index contributed by atoms with van der Waals surface area (Å²) in [5.41, 5.74) is 7.97. The number of fused-ring (bicyclic) bond motifs is 2. The Morgan fingerprint density at radius 2 is 2.02 bits per heavy atom. The fourth-order valence-corrected chi connectivity index (χ4v) is 5.34. The molecule has 1 aliphatic rings. The standard InChI is InChI=1S/C30H36N6O4/c1-18-28(19(2)35(4)34-18)29-25(17-23-15-20-14-21(33-30(38)31-3)6-9-27(20)40-23)24-16-22(39-5)7-8-26(24)36(29)12-10-32-11-13-37/h6-9,14,16-17,32,37H,10-13,15H2,1-5H3,(H2,31,33,38)/b23-17-. The number of nitrogens with zero attached hydrogens (tertiary/aromatic N) is 3. The third kappa shape index (κ3) is 5.15. The lowest BCUT2D eigenvalue weighted by atomic mass is 10.0. The summed E-state index contributed by atoms with van der Waals surface area (Å²) in [6, 6.07) is 11.5. The lowest BCUT2D eigenvalue weighted by molar-refractivity contribution is 0.254. The van der Waals surface area contributed by atoms with Crippen LogP contribution in [0.15, 0.2) is 42.2 Å². The van der Waals surface area contributed by atoms with Crippen molar-refractivity contribution in [3.63, 3.8) is 0 Å². The molecule has 4 aromatic rings. The highest BCUT2D eigenvalue weighted by atomic mass is 16.5. The molecule has 0 saturated heterocycles. The van der Waals surface area contributed by atoms with Gasteiger partial charge in [0, 0.05) is 79.1 Å². The molecule has 2 aromatic carbocycles. The number of urea groups is 1. The van der Waals surface area contributed by atoms with Gasteiger partial charge in [0.05, 0.1) is 25.1 Å². The zero-order valence-corrected chi connectivity index (χ0v) is 23.6. The maximum Gasteiger partial charge on any atom is 0.318 e. The summed E-state index contributed by atoms with van der Waals surface area (Å²) in [7, 11) is 5.22. The van der Waals surface area contributed by atoms with Gasteiger partial charge in [-0.1, -0.05) is 0 Å². The van der Waals surface area contributed by atoms with E-state index in [1.165, 1.54) is 0 Å². The van der Waals surface area contributed by atoms with Gasteiger partial charge in [0.1, 0.15) is 17.3 Å². The number of aromatic nitrogens is 3. The first-order valence-corrected chi connectivity index (χ1v) is 13.4. The molecule has 10 nitrogen and oxygen atoms in total. The Labute approximate surface area is 233 Å². The van der Waals surface area contributed by atoms with Crippen molar-refractivity contribution in [2.24, 2.45) is 7.05 Å². The number of benzene rings is 2. The zero-order valence-electron chi connectivity index (χ0n) is 23.6. The average Bonchev–Trinajstić information content (AvgIpc) is 3.56. The Balaban J connectivity index is 1.65. The van der Waals surface area contributed by atoms with Crippen molar-refractivity contribution < 1.29 is 19.4 Å². The lowest BCUT2D eigenvalue weighted by Crippen LogP contribution is -2.24. The van der Waals surface area contributed by atoms with Gasteiger partial charge in [-0.25, -0.2) is 4.79 Å². The van der Waals surface area contributed by atoms with Crippen LogP contribution in [0.4, 0.5) is 10.5 Å². The Bertz CT molecular complexity index is 1600. The number of rotatable bonds is 9. The van der Waals surface area contributed by atoms with E-state index in [0.717, 1.165) is 61.9 Å². The van der Waals surface area contributed by atoms with Gasteiger partial charge in [-0.3, -0.25) is 4.68 Å². The van der Waals surface area contributed by atoms with Gasteiger partial charge in [-0.15, -0.1) is 0 Å². The second kappa shape index (κ2) is 11.4. The average molecular weight is 545 g/mol. The van der Waals surface area contributed by atoms with Crippen LogP contribution in [-0.2, 0) is 20.0 Å². The van der Waals surface area contributed by atoms with Crippen LogP contribution in [0.1, 0.15) is 22.5 Å². The van der Waals surface area contributed by atoms with Crippen molar-refractivity contribution in [1.29, 1.82) is 0 Å². The second-order valence-corrected chi connectivity index (χ2v) is 9.86. The van der Waals surface area contributed by atoms with Crippen molar-refractivity contribution in [1.82, 2.24) is 25.0 Å². The number of ether oxygens (including phenoxy) is 2. The van der Waals surface area contributed by atoms with E-state index in [2.05, 4.69) is 45.6 Å². The van der Waals surface area contributed by atoms with Crippen molar-refractivity contribution in [3.8, 4) is 22.8 Å². The van der Waals surface area contributed by atoms with Crippen LogP contribution in [-0.4, -0.2) is 59.3 Å². The number of hydrogen-bond acceptors (Lipinski definition) is 6. The summed E-state index contributed by atoms with van der Waals surface area (Å²) < 4.78 is 16.2. The smallest absolute Gasteiger partial charge is 0.318 e. The minimum absolute atomic E-state index is 0.0902. The highest BCUT2D eigenvalue weighted by molar-refractivity contribution is 5.99. The second-order valence-electron chi connectivity index (χ2n) is 9.86. The largest absolute Gasteiger partial charge is 0.497 e. The van der Waals surface area contributed by atoms with Gasteiger partial charge in [-0.2, -0.15) is 5.10 Å². The number of carbonyl (C=O) groups is 1. The summed E-state index contributed by atoms with van der Waals surface area (Å²) in [6.07, 6.45) is 2.71. The number of anilines is 1. The summed E-state index contributed by atoms with van der Waals surface area (Å²) >= 11 is 0. The molecule has 40 heavy (non-hydrogen) atoms. The van der Waals surface area contributed by atoms with Crippen LogP contribution >= 0.6 is 0 Å². The number of amides is 2. The Hall–Kier alpha value is -4.28. The molecular weight excluding hydrogens is 508 g/mol. The normalized spacial score (nSPS) is 13.5. The van der Waals surface area contributed by atoms with E-state index in [4.69, 9.17) is 14.6 Å². The van der Waals surface area contributed by atoms with Crippen LogP contribution in [0.2, 0.25) is 0 Å². The number of carbonyl (C=O) groups excluding carboxylic acids is 1. The molecule has 5 rings (SSSR count). The maximum atomic E-state index is 11.8. The molecule has 0 aliphatic carbocycles. The fraction of sp³-hybridized carbons (Fsp3) is 0.333. The van der Waals surface area contributed by atoms with E-state index in [1.54, 1.807) is 14.2 Å². The van der Waals surface area contributed by atoms with Crippen LogP contribution in [0, 0.1) is 13.8 Å². The van der Waals surface area contributed by atoms with E-state index >= 15 is 0 Å². The highest BCUT2D eigenvalue weighted by Crippen LogP contribution is 2.41. The van der Waals surface area contributed by atoms with Crippen LogP contribution in [0.5, 0.6) is 11.5 Å².